The predicted octanol–water partition coefficient (Wildman–Crippen LogP) is 6.15. The Kier molecular flexibility index (Phi) is 4.93. The van der Waals surface area contributed by atoms with Crippen LogP contribution in [0.4, 0.5) is 0 Å². The summed E-state index contributed by atoms with van der Waals surface area (Å²) in [5.41, 5.74) is 1.12. The van der Waals surface area contributed by atoms with E-state index >= 15 is 0 Å². The number of benzene rings is 3. The zero-order valence-electron chi connectivity index (χ0n) is 12.0. The quantitative estimate of drug-likeness (QED) is 0.473. The molecule has 0 spiro atoms. The van der Waals surface area contributed by atoms with Crippen molar-refractivity contribution < 1.29 is 5.11 Å². The summed E-state index contributed by atoms with van der Waals surface area (Å²) in [6.45, 7) is 0. The van der Waals surface area contributed by atoms with E-state index in [1.54, 1.807) is 12.1 Å². The first-order chi connectivity index (χ1) is 11.0. The van der Waals surface area contributed by atoms with Crippen molar-refractivity contribution in [3.8, 4) is 0 Å². The normalized spacial score (nSPS) is 11.5. The summed E-state index contributed by atoms with van der Waals surface area (Å²) in [6.07, 6.45) is 0. The minimum atomic E-state index is -1.24. The molecule has 1 N–H and O–H groups in total. The van der Waals surface area contributed by atoms with Gasteiger partial charge in [0.25, 0.3) is 0 Å². The molecular formula is C19H13Br2ClO. The van der Waals surface area contributed by atoms with Gasteiger partial charge in [-0.25, -0.2) is 0 Å². The summed E-state index contributed by atoms with van der Waals surface area (Å²) >= 11 is 12.9. The first kappa shape index (κ1) is 16.7. The highest BCUT2D eigenvalue weighted by Gasteiger charge is 2.33. The van der Waals surface area contributed by atoms with Crippen molar-refractivity contribution in [3.63, 3.8) is 0 Å². The van der Waals surface area contributed by atoms with Gasteiger partial charge in [-0.05, 0) is 53.1 Å². The maximum Gasteiger partial charge on any atom is 0.140 e. The number of hydrogen-bond acceptors (Lipinski definition) is 1. The molecule has 0 aliphatic rings. The van der Waals surface area contributed by atoms with Gasteiger partial charge >= 0.3 is 0 Å². The lowest BCUT2D eigenvalue weighted by Gasteiger charge is -2.30. The molecule has 0 radical (unpaired) electrons. The van der Waals surface area contributed by atoms with E-state index in [1.165, 1.54) is 0 Å². The summed E-state index contributed by atoms with van der Waals surface area (Å²) in [6, 6.07) is 22.7. The average Bonchev–Trinajstić information content (AvgIpc) is 2.56. The van der Waals surface area contributed by atoms with Gasteiger partial charge in [0.2, 0.25) is 0 Å². The molecule has 0 aliphatic carbocycles. The molecular weight excluding hydrogens is 439 g/mol. The van der Waals surface area contributed by atoms with E-state index < -0.39 is 5.60 Å². The Labute approximate surface area is 157 Å². The minimum absolute atomic E-state index is 0.641. The van der Waals surface area contributed by atoms with E-state index in [0.717, 1.165) is 25.6 Å². The number of hydrogen-bond donors (Lipinski definition) is 1. The molecule has 116 valence electrons. The lowest BCUT2D eigenvalue weighted by molar-refractivity contribution is 0.125. The van der Waals surface area contributed by atoms with E-state index in [1.807, 2.05) is 60.7 Å². The van der Waals surface area contributed by atoms with Crippen LogP contribution in [0.15, 0.2) is 81.7 Å². The monoisotopic (exact) mass is 450 g/mol. The number of rotatable bonds is 3. The van der Waals surface area contributed by atoms with Crippen LogP contribution in [0.25, 0.3) is 0 Å². The molecule has 0 saturated carbocycles. The van der Waals surface area contributed by atoms with Crippen molar-refractivity contribution in [2.24, 2.45) is 0 Å². The van der Waals surface area contributed by atoms with Gasteiger partial charge in [0.15, 0.2) is 0 Å². The molecule has 0 unspecified atom stereocenters. The third-order valence-corrected chi connectivity index (χ3v) is 5.10. The predicted molar refractivity (Wildman–Crippen MR) is 102 cm³/mol. The second-order valence-corrected chi connectivity index (χ2v) is 7.50. The van der Waals surface area contributed by atoms with Crippen LogP contribution in [-0.2, 0) is 5.60 Å². The summed E-state index contributed by atoms with van der Waals surface area (Å²) < 4.78 is 1.94. The molecule has 0 heterocycles. The van der Waals surface area contributed by atoms with Gasteiger partial charge in [-0.1, -0.05) is 79.9 Å². The highest BCUT2D eigenvalue weighted by Crippen LogP contribution is 2.38. The van der Waals surface area contributed by atoms with Gasteiger partial charge in [0, 0.05) is 14.0 Å². The SMILES string of the molecule is OC(c1ccc(Cl)cc1)(c1ccc(Br)cc1)c1ccc(Br)cc1. The number of aliphatic hydroxyl groups is 1. The van der Waals surface area contributed by atoms with Crippen LogP contribution in [0.3, 0.4) is 0 Å². The standard InChI is InChI=1S/C19H13Br2ClO/c20-16-7-1-13(2-8-16)19(23,14-3-9-17(21)10-4-14)15-5-11-18(22)12-6-15/h1-12,23H. The Morgan fingerprint density at radius 3 is 1.26 bits per heavy atom. The molecule has 0 aliphatic heterocycles. The average molecular weight is 453 g/mol. The molecule has 0 bridgehead atoms. The van der Waals surface area contributed by atoms with Crippen LogP contribution in [0.5, 0.6) is 0 Å². The van der Waals surface area contributed by atoms with E-state index in [0.29, 0.717) is 5.02 Å². The van der Waals surface area contributed by atoms with Crippen molar-refractivity contribution in [1.29, 1.82) is 0 Å². The molecule has 3 aromatic carbocycles. The zero-order chi connectivity index (χ0) is 16.4. The van der Waals surface area contributed by atoms with Crippen molar-refractivity contribution in [2.45, 2.75) is 5.60 Å². The largest absolute Gasteiger partial charge is 0.376 e. The Morgan fingerprint density at radius 2 is 0.913 bits per heavy atom. The lowest BCUT2D eigenvalue weighted by Crippen LogP contribution is -2.28. The van der Waals surface area contributed by atoms with Gasteiger partial charge in [-0.2, -0.15) is 0 Å². The van der Waals surface area contributed by atoms with E-state index in [4.69, 9.17) is 11.6 Å². The van der Waals surface area contributed by atoms with E-state index in [9.17, 15) is 5.11 Å². The molecule has 3 aromatic rings. The Morgan fingerprint density at radius 1 is 0.609 bits per heavy atom. The van der Waals surface area contributed by atoms with Gasteiger partial charge in [0.1, 0.15) is 5.60 Å². The molecule has 0 amide bonds. The molecule has 0 atom stereocenters. The molecule has 0 aromatic heterocycles. The van der Waals surface area contributed by atoms with Crippen LogP contribution < -0.4 is 0 Å². The molecule has 3 rings (SSSR count). The van der Waals surface area contributed by atoms with Gasteiger partial charge < -0.3 is 5.11 Å². The summed E-state index contributed by atoms with van der Waals surface area (Å²) in [5, 5.41) is 12.3. The van der Waals surface area contributed by atoms with Gasteiger partial charge in [0.05, 0.1) is 0 Å². The van der Waals surface area contributed by atoms with Crippen LogP contribution in [0.2, 0.25) is 5.02 Å². The first-order valence-electron chi connectivity index (χ1n) is 7.00. The summed E-state index contributed by atoms with van der Waals surface area (Å²) in [5.74, 6) is 0. The van der Waals surface area contributed by atoms with Crippen molar-refractivity contribution in [2.75, 3.05) is 0 Å². The topological polar surface area (TPSA) is 20.2 Å². The summed E-state index contributed by atoms with van der Waals surface area (Å²) in [4.78, 5) is 0. The maximum atomic E-state index is 11.6. The fourth-order valence-corrected chi connectivity index (χ4v) is 3.23. The third-order valence-electron chi connectivity index (χ3n) is 3.79. The molecule has 23 heavy (non-hydrogen) atoms. The zero-order valence-corrected chi connectivity index (χ0v) is 15.9. The van der Waals surface area contributed by atoms with Crippen molar-refractivity contribution in [3.05, 3.63) is 103 Å². The smallest absolute Gasteiger partial charge is 0.140 e. The highest BCUT2D eigenvalue weighted by molar-refractivity contribution is 9.10. The van der Waals surface area contributed by atoms with Crippen LogP contribution in [-0.4, -0.2) is 5.11 Å². The number of halogens is 3. The van der Waals surface area contributed by atoms with Gasteiger partial charge in [-0.15, -0.1) is 0 Å². The molecule has 1 nitrogen and oxygen atoms in total. The maximum absolute atomic E-state index is 11.6. The fourth-order valence-electron chi connectivity index (χ4n) is 2.57. The molecule has 4 heteroatoms. The van der Waals surface area contributed by atoms with E-state index in [-0.39, 0.29) is 0 Å². The Bertz CT molecular complexity index is 685. The van der Waals surface area contributed by atoms with Gasteiger partial charge in [-0.3, -0.25) is 0 Å². The first-order valence-corrected chi connectivity index (χ1v) is 8.97. The minimum Gasteiger partial charge on any atom is -0.376 e. The van der Waals surface area contributed by atoms with Crippen LogP contribution in [0, 0.1) is 0 Å². The van der Waals surface area contributed by atoms with Crippen LogP contribution >= 0.6 is 43.5 Å². The Balaban J connectivity index is 2.21. The fraction of sp³-hybridized carbons (Fsp3) is 0.0526. The van der Waals surface area contributed by atoms with Crippen molar-refractivity contribution in [1.82, 2.24) is 0 Å². The third kappa shape index (κ3) is 3.38. The lowest BCUT2D eigenvalue weighted by atomic mass is 9.80. The highest BCUT2D eigenvalue weighted by atomic mass is 79.9. The summed E-state index contributed by atoms with van der Waals surface area (Å²) in [7, 11) is 0. The second-order valence-electron chi connectivity index (χ2n) is 5.23. The van der Waals surface area contributed by atoms with E-state index in [2.05, 4.69) is 31.9 Å². The Hall–Kier alpha value is -1.13. The molecule has 0 saturated heterocycles. The second kappa shape index (κ2) is 6.78. The van der Waals surface area contributed by atoms with Crippen molar-refractivity contribution >= 4 is 43.5 Å². The molecule has 0 fully saturated rings. The van der Waals surface area contributed by atoms with Crippen LogP contribution in [0.1, 0.15) is 16.7 Å².